The minimum atomic E-state index is -0.548. The number of rotatable bonds is 3. The fourth-order valence-electron chi connectivity index (χ4n) is 2.16. The van der Waals surface area contributed by atoms with Crippen LogP contribution in [0.5, 0.6) is 0 Å². The summed E-state index contributed by atoms with van der Waals surface area (Å²) in [5.41, 5.74) is 1.40. The van der Waals surface area contributed by atoms with Crippen molar-refractivity contribution in [3.05, 3.63) is 65.5 Å². The number of nitrogens with one attached hydrogen (secondary N) is 1. The molecule has 2 aromatic rings. The third kappa shape index (κ3) is 3.09. The molecule has 1 fully saturated rings. The molecule has 1 heterocycles. The molecule has 1 saturated heterocycles. The van der Waals surface area contributed by atoms with Gasteiger partial charge in [-0.05, 0) is 24.3 Å². The number of carbonyl (C=O) groups excluding carboxylic acids is 1. The Balaban J connectivity index is 1.77. The Kier molecular flexibility index (Phi) is 3.94. The second kappa shape index (κ2) is 6.03. The third-order valence-electron chi connectivity index (χ3n) is 3.16. The van der Waals surface area contributed by atoms with Gasteiger partial charge in [0.25, 0.3) is 5.91 Å². The fraction of sp³-hybridized carbons (Fsp3) is 0.188. The van der Waals surface area contributed by atoms with E-state index in [1.165, 1.54) is 12.1 Å². The van der Waals surface area contributed by atoms with Gasteiger partial charge in [-0.2, -0.15) is 0 Å². The van der Waals surface area contributed by atoms with Crippen molar-refractivity contribution in [3.63, 3.8) is 0 Å². The molecule has 0 bridgehead atoms. The van der Waals surface area contributed by atoms with Gasteiger partial charge in [0.05, 0.1) is 18.8 Å². The zero-order chi connectivity index (χ0) is 14.7. The predicted molar refractivity (Wildman–Crippen MR) is 75.4 cm³/mol. The molecule has 1 amide bonds. The molecule has 1 aliphatic heterocycles. The van der Waals surface area contributed by atoms with Gasteiger partial charge in [0.1, 0.15) is 5.82 Å². The summed E-state index contributed by atoms with van der Waals surface area (Å²) in [6.45, 7) is 1.10. The first-order chi connectivity index (χ1) is 10.2. The average molecular weight is 287 g/mol. The van der Waals surface area contributed by atoms with E-state index in [1.807, 2.05) is 6.07 Å². The Morgan fingerprint density at radius 3 is 2.62 bits per heavy atom. The lowest BCUT2D eigenvalue weighted by Gasteiger charge is -2.11. The van der Waals surface area contributed by atoms with Crippen LogP contribution in [0, 0.1) is 5.82 Å². The normalized spacial score (nSPS) is 15.1. The van der Waals surface area contributed by atoms with Crippen molar-refractivity contribution in [3.8, 4) is 0 Å². The molecule has 0 aromatic heterocycles. The van der Waals surface area contributed by atoms with E-state index in [1.54, 1.807) is 30.3 Å². The van der Waals surface area contributed by atoms with Crippen molar-refractivity contribution in [1.82, 2.24) is 0 Å². The first-order valence-corrected chi connectivity index (χ1v) is 6.63. The summed E-state index contributed by atoms with van der Waals surface area (Å²) in [4.78, 5) is 12.1. The quantitative estimate of drug-likeness (QED) is 0.943. The minimum Gasteiger partial charge on any atom is -0.346 e. The molecule has 0 atom stereocenters. The van der Waals surface area contributed by atoms with Gasteiger partial charge >= 0.3 is 0 Å². The Morgan fingerprint density at radius 2 is 1.86 bits per heavy atom. The Hall–Kier alpha value is -2.24. The van der Waals surface area contributed by atoms with Crippen LogP contribution in [0.15, 0.2) is 48.5 Å². The third-order valence-corrected chi connectivity index (χ3v) is 3.16. The Morgan fingerprint density at radius 1 is 1.10 bits per heavy atom. The monoisotopic (exact) mass is 287 g/mol. The molecule has 108 valence electrons. The molecule has 0 saturated carbocycles. The lowest BCUT2D eigenvalue weighted by molar-refractivity contribution is -0.0440. The number of carbonyl (C=O) groups is 1. The van der Waals surface area contributed by atoms with E-state index in [0.717, 1.165) is 5.56 Å². The molecule has 1 N–H and O–H groups in total. The van der Waals surface area contributed by atoms with Crippen LogP contribution < -0.4 is 5.32 Å². The van der Waals surface area contributed by atoms with Crippen molar-refractivity contribution in [2.45, 2.75) is 6.29 Å². The number of hydrogen-bond acceptors (Lipinski definition) is 3. The van der Waals surface area contributed by atoms with Crippen molar-refractivity contribution < 1.29 is 18.7 Å². The summed E-state index contributed by atoms with van der Waals surface area (Å²) >= 11 is 0. The fourth-order valence-corrected chi connectivity index (χ4v) is 2.16. The van der Waals surface area contributed by atoms with Gasteiger partial charge in [-0.3, -0.25) is 4.79 Å². The smallest absolute Gasteiger partial charge is 0.258 e. The van der Waals surface area contributed by atoms with E-state index in [-0.39, 0.29) is 5.56 Å². The number of benzene rings is 2. The molecular formula is C16H14FNO3. The number of anilines is 1. The number of ether oxygens (including phenoxy) is 2. The van der Waals surface area contributed by atoms with Crippen LogP contribution in [0.1, 0.15) is 22.2 Å². The van der Waals surface area contributed by atoms with Crippen LogP contribution in [0.25, 0.3) is 0 Å². The maximum absolute atomic E-state index is 13.6. The number of halogens is 1. The van der Waals surface area contributed by atoms with Gasteiger partial charge in [-0.1, -0.05) is 24.3 Å². The van der Waals surface area contributed by atoms with Crippen molar-refractivity contribution in [2.75, 3.05) is 18.5 Å². The van der Waals surface area contributed by atoms with Crippen LogP contribution in [-0.4, -0.2) is 19.1 Å². The average Bonchev–Trinajstić information content (AvgIpc) is 3.02. The van der Waals surface area contributed by atoms with Gasteiger partial charge in [-0.25, -0.2) is 4.39 Å². The van der Waals surface area contributed by atoms with Crippen LogP contribution in [-0.2, 0) is 9.47 Å². The summed E-state index contributed by atoms with van der Waals surface area (Å²) in [6.07, 6.45) is -0.407. The molecule has 5 heteroatoms. The number of amides is 1. The lowest BCUT2D eigenvalue weighted by atomic mass is 10.1. The molecule has 3 rings (SSSR count). The van der Waals surface area contributed by atoms with E-state index in [2.05, 4.69) is 5.32 Å². The van der Waals surface area contributed by atoms with Crippen molar-refractivity contribution in [1.29, 1.82) is 0 Å². The van der Waals surface area contributed by atoms with Crippen LogP contribution >= 0.6 is 0 Å². The maximum atomic E-state index is 13.6. The van der Waals surface area contributed by atoms with Crippen LogP contribution in [0.2, 0.25) is 0 Å². The standard InChI is InChI=1S/C16H14FNO3/c17-14-7-2-1-6-13(14)15(19)18-12-5-3-4-11(10-12)16-20-8-9-21-16/h1-7,10,16H,8-9H2,(H,18,19). The Labute approximate surface area is 121 Å². The Bertz CT molecular complexity index is 653. The van der Waals surface area contributed by atoms with Gasteiger partial charge in [0, 0.05) is 11.3 Å². The van der Waals surface area contributed by atoms with Gasteiger partial charge < -0.3 is 14.8 Å². The zero-order valence-corrected chi connectivity index (χ0v) is 11.2. The van der Waals surface area contributed by atoms with E-state index in [9.17, 15) is 9.18 Å². The van der Waals surface area contributed by atoms with Crippen molar-refractivity contribution >= 4 is 11.6 Å². The van der Waals surface area contributed by atoms with E-state index >= 15 is 0 Å². The lowest BCUT2D eigenvalue weighted by Crippen LogP contribution is -2.14. The highest BCUT2D eigenvalue weighted by Gasteiger charge is 2.19. The summed E-state index contributed by atoms with van der Waals surface area (Å²) in [7, 11) is 0. The number of hydrogen-bond donors (Lipinski definition) is 1. The van der Waals surface area contributed by atoms with E-state index < -0.39 is 18.0 Å². The second-order valence-corrected chi connectivity index (χ2v) is 4.63. The topological polar surface area (TPSA) is 47.6 Å². The molecule has 0 unspecified atom stereocenters. The van der Waals surface area contributed by atoms with Gasteiger partial charge in [0.15, 0.2) is 6.29 Å². The molecule has 0 radical (unpaired) electrons. The van der Waals surface area contributed by atoms with Crippen LogP contribution in [0.4, 0.5) is 10.1 Å². The summed E-state index contributed by atoms with van der Waals surface area (Å²) < 4.78 is 24.4. The van der Waals surface area contributed by atoms with Gasteiger partial charge in [0.2, 0.25) is 0 Å². The first kappa shape index (κ1) is 13.7. The SMILES string of the molecule is O=C(Nc1cccc(C2OCCO2)c1)c1ccccc1F. The summed E-state index contributed by atoms with van der Waals surface area (Å²) in [6, 6.07) is 13.0. The molecule has 2 aromatic carbocycles. The highest BCUT2D eigenvalue weighted by molar-refractivity contribution is 6.04. The summed E-state index contributed by atoms with van der Waals surface area (Å²) in [5.74, 6) is -1.04. The second-order valence-electron chi connectivity index (χ2n) is 4.63. The molecule has 21 heavy (non-hydrogen) atoms. The highest BCUT2D eigenvalue weighted by Crippen LogP contribution is 2.25. The molecule has 0 spiro atoms. The predicted octanol–water partition coefficient (Wildman–Crippen LogP) is 3.12. The molecule has 0 aliphatic carbocycles. The first-order valence-electron chi connectivity index (χ1n) is 6.63. The van der Waals surface area contributed by atoms with Crippen LogP contribution in [0.3, 0.4) is 0 Å². The highest BCUT2D eigenvalue weighted by atomic mass is 19.1. The van der Waals surface area contributed by atoms with Gasteiger partial charge in [-0.15, -0.1) is 0 Å². The van der Waals surface area contributed by atoms with E-state index in [0.29, 0.717) is 18.9 Å². The minimum absolute atomic E-state index is 0.0104. The summed E-state index contributed by atoms with van der Waals surface area (Å²) in [5, 5.41) is 2.67. The zero-order valence-electron chi connectivity index (χ0n) is 11.2. The molecular weight excluding hydrogens is 273 g/mol. The van der Waals surface area contributed by atoms with Crippen molar-refractivity contribution in [2.24, 2.45) is 0 Å². The van der Waals surface area contributed by atoms with E-state index in [4.69, 9.17) is 9.47 Å². The maximum Gasteiger partial charge on any atom is 0.258 e. The molecule has 1 aliphatic rings. The largest absolute Gasteiger partial charge is 0.346 e. The molecule has 4 nitrogen and oxygen atoms in total.